The molecule has 3 heterocycles. The molecule has 1 unspecified atom stereocenters. The van der Waals surface area contributed by atoms with Gasteiger partial charge in [-0.2, -0.15) is 0 Å². The van der Waals surface area contributed by atoms with E-state index in [4.69, 9.17) is 0 Å². The first kappa shape index (κ1) is 13.9. The summed E-state index contributed by atoms with van der Waals surface area (Å²) in [6.45, 7) is 2.20. The number of carbonyl (C=O) groups excluding carboxylic acids is 1. The third-order valence-electron chi connectivity index (χ3n) is 3.36. The molecule has 1 fully saturated rings. The first-order valence-corrected chi connectivity index (χ1v) is 7.39. The standard InChI is InChI=1S/C13H14FN5OS/c1-9-15-4-2-10(17-9)19-6-3-13(14,8-19)11(20)18-12-16-5-7-21-12/h2,4-5,7H,3,6,8H2,1H3,(H,16,18,20). The van der Waals surface area contributed by atoms with E-state index in [1.807, 2.05) is 0 Å². The number of rotatable bonds is 3. The molecule has 0 spiro atoms. The van der Waals surface area contributed by atoms with Crippen molar-refractivity contribution in [2.75, 3.05) is 23.3 Å². The molecule has 6 nitrogen and oxygen atoms in total. The number of amides is 1. The van der Waals surface area contributed by atoms with Crippen molar-refractivity contribution >= 4 is 28.2 Å². The van der Waals surface area contributed by atoms with Gasteiger partial charge < -0.3 is 4.90 Å². The molecule has 1 atom stereocenters. The second-order valence-electron chi connectivity index (χ2n) is 4.89. The van der Waals surface area contributed by atoms with Gasteiger partial charge in [-0.25, -0.2) is 19.3 Å². The van der Waals surface area contributed by atoms with Gasteiger partial charge >= 0.3 is 0 Å². The molecule has 1 amide bonds. The number of hydrogen-bond acceptors (Lipinski definition) is 6. The van der Waals surface area contributed by atoms with Gasteiger partial charge in [-0.3, -0.25) is 10.1 Å². The zero-order chi connectivity index (χ0) is 14.9. The van der Waals surface area contributed by atoms with E-state index in [0.29, 0.717) is 23.3 Å². The second kappa shape index (κ2) is 5.36. The Labute approximate surface area is 125 Å². The lowest BCUT2D eigenvalue weighted by Gasteiger charge is -2.20. The van der Waals surface area contributed by atoms with Gasteiger partial charge in [-0.15, -0.1) is 11.3 Å². The smallest absolute Gasteiger partial charge is 0.265 e. The second-order valence-corrected chi connectivity index (χ2v) is 5.78. The predicted molar refractivity (Wildman–Crippen MR) is 78.2 cm³/mol. The van der Waals surface area contributed by atoms with E-state index in [-0.39, 0.29) is 13.0 Å². The van der Waals surface area contributed by atoms with E-state index >= 15 is 0 Å². The molecule has 110 valence electrons. The minimum atomic E-state index is -1.93. The quantitative estimate of drug-likeness (QED) is 0.936. The minimum absolute atomic E-state index is 0.0132. The highest BCUT2D eigenvalue weighted by molar-refractivity contribution is 7.13. The maximum Gasteiger partial charge on any atom is 0.265 e. The number of anilines is 2. The molecule has 0 aliphatic carbocycles. The van der Waals surface area contributed by atoms with Gasteiger partial charge in [0.2, 0.25) is 5.67 Å². The lowest BCUT2D eigenvalue weighted by Crippen LogP contribution is -2.41. The normalized spacial score (nSPS) is 21.5. The van der Waals surface area contributed by atoms with Crippen molar-refractivity contribution < 1.29 is 9.18 Å². The molecule has 1 aliphatic heterocycles. The van der Waals surface area contributed by atoms with E-state index in [1.54, 1.807) is 35.7 Å². The van der Waals surface area contributed by atoms with E-state index in [0.717, 1.165) is 0 Å². The van der Waals surface area contributed by atoms with E-state index in [1.165, 1.54) is 11.3 Å². The van der Waals surface area contributed by atoms with Crippen LogP contribution in [0.3, 0.4) is 0 Å². The molecule has 1 N–H and O–H groups in total. The monoisotopic (exact) mass is 307 g/mol. The minimum Gasteiger partial charge on any atom is -0.353 e. The molecule has 8 heteroatoms. The summed E-state index contributed by atoms with van der Waals surface area (Å²) >= 11 is 1.26. The number of hydrogen-bond donors (Lipinski definition) is 1. The van der Waals surface area contributed by atoms with Crippen LogP contribution in [-0.4, -0.2) is 39.6 Å². The van der Waals surface area contributed by atoms with Crippen LogP contribution < -0.4 is 10.2 Å². The SMILES string of the molecule is Cc1nccc(N2CCC(F)(C(=O)Nc3nccs3)C2)n1. The largest absolute Gasteiger partial charge is 0.353 e. The Balaban J connectivity index is 1.71. The summed E-state index contributed by atoms with van der Waals surface area (Å²) in [5, 5.41) is 4.66. The fourth-order valence-electron chi connectivity index (χ4n) is 2.27. The Bertz CT molecular complexity index is 650. The molecular weight excluding hydrogens is 293 g/mol. The van der Waals surface area contributed by atoms with Crippen LogP contribution >= 0.6 is 11.3 Å². The highest BCUT2D eigenvalue weighted by atomic mass is 32.1. The van der Waals surface area contributed by atoms with E-state index in [2.05, 4.69) is 20.3 Å². The number of thiazole rings is 1. The van der Waals surface area contributed by atoms with Crippen molar-refractivity contribution in [3.8, 4) is 0 Å². The number of nitrogens with one attached hydrogen (secondary N) is 1. The number of aryl methyl sites for hydroxylation is 1. The summed E-state index contributed by atoms with van der Waals surface area (Å²) < 4.78 is 14.8. The summed E-state index contributed by atoms with van der Waals surface area (Å²) in [5.74, 6) is 0.617. The summed E-state index contributed by atoms with van der Waals surface area (Å²) in [5.41, 5.74) is -1.93. The number of aromatic nitrogens is 3. The predicted octanol–water partition coefficient (Wildman–Crippen LogP) is 1.80. The molecule has 0 aromatic carbocycles. The molecule has 0 saturated carbocycles. The average molecular weight is 307 g/mol. The number of alkyl halides is 1. The van der Waals surface area contributed by atoms with Crippen LogP contribution in [0.5, 0.6) is 0 Å². The van der Waals surface area contributed by atoms with Gasteiger partial charge in [-0.05, 0) is 13.0 Å². The Hall–Kier alpha value is -2.09. The molecule has 2 aromatic rings. The third kappa shape index (κ3) is 2.85. The topological polar surface area (TPSA) is 71.0 Å². The van der Waals surface area contributed by atoms with Crippen molar-refractivity contribution in [1.82, 2.24) is 15.0 Å². The molecule has 0 bridgehead atoms. The zero-order valence-electron chi connectivity index (χ0n) is 11.4. The first-order chi connectivity index (χ1) is 10.1. The van der Waals surface area contributed by atoms with Crippen molar-refractivity contribution in [3.63, 3.8) is 0 Å². The number of nitrogens with zero attached hydrogens (tertiary/aromatic N) is 4. The van der Waals surface area contributed by atoms with Crippen LogP contribution in [0, 0.1) is 6.92 Å². The van der Waals surface area contributed by atoms with Gasteiger partial charge in [-0.1, -0.05) is 0 Å². The Kier molecular flexibility index (Phi) is 3.54. The molecule has 1 aliphatic rings. The van der Waals surface area contributed by atoms with Gasteiger partial charge in [0, 0.05) is 30.7 Å². The third-order valence-corrected chi connectivity index (χ3v) is 4.05. The van der Waals surface area contributed by atoms with Crippen LogP contribution in [0.2, 0.25) is 0 Å². The van der Waals surface area contributed by atoms with Crippen molar-refractivity contribution in [1.29, 1.82) is 0 Å². The van der Waals surface area contributed by atoms with E-state index < -0.39 is 11.6 Å². The summed E-state index contributed by atoms with van der Waals surface area (Å²) in [6, 6.07) is 1.72. The lowest BCUT2D eigenvalue weighted by atomic mass is 10.1. The molecule has 3 rings (SSSR count). The number of halogens is 1. The Morgan fingerprint density at radius 3 is 3.05 bits per heavy atom. The highest BCUT2D eigenvalue weighted by Crippen LogP contribution is 2.30. The number of carbonyl (C=O) groups is 1. The van der Waals surface area contributed by atoms with Gasteiger partial charge in [0.1, 0.15) is 11.6 Å². The molecule has 1 saturated heterocycles. The molecule has 2 aromatic heterocycles. The fourth-order valence-corrected chi connectivity index (χ4v) is 2.79. The summed E-state index contributed by atoms with van der Waals surface area (Å²) in [4.78, 5) is 26.1. The van der Waals surface area contributed by atoms with Crippen LogP contribution in [0.15, 0.2) is 23.8 Å². The average Bonchev–Trinajstić information content (AvgIpc) is 3.09. The highest BCUT2D eigenvalue weighted by Gasteiger charge is 2.45. The maximum absolute atomic E-state index is 14.8. The van der Waals surface area contributed by atoms with Crippen molar-refractivity contribution in [2.45, 2.75) is 19.0 Å². The first-order valence-electron chi connectivity index (χ1n) is 6.51. The van der Waals surface area contributed by atoms with Crippen LogP contribution in [0.4, 0.5) is 15.3 Å². The van der Waals surface area contributed by atoms with Gasteiger partial charge in [0.25, 0.3) is 5.91 Å². The molecule has 21 heavy (non-hydrogen) atoms. The zero-order valence-corrected chi connectivity index (χ0v) is 12.2. The van der Waals surface area contributed by atoms with Gasteiger partial charge in [0.05, 0.1) is 6.54 Å². The van der Waals surface area contributed by atoms with E-state index in [9.17, 15) is 9.18 Å². The van der Waals surface area contributed by atoms with Crippen molar-refractivity contribution in [3.05, 3.63) is 29.7 Å². The van der Waals surface area contributed by atoms with Crippen molar-refractivity contribution in [2.24, 2.45) is 0 Å². The molecule has 0 radical (unpaired) electrons. The van der Waals surface area contributed by atoms with Crippen LogP contribution in [0.1, 0.15) is 12.2 Å². The fraction of sp³-hybridized carbons (Fsp3) is 0.385. The van der Waals surface area contributed by atoms with Gasteiger partial charge in [0.15, 0.2) is 5.13 Å². The summed E-state index contributed by atoms with van der Waals surface area (Å²) in [7, 11) is 0. The Morgan fingerprint density at radius 1 is 1.48 bits per heavy atom. The Morgan fingerprint density at radius 2 is 2.33 bits per heavy atom. The maximum atomic E-state index is 14.8. The lowest BCUT2D eigenvalue weighted by molar-refractivity contribution is -0.126. The summed E-state index contributed by atoms with van der Waals surface area (Å²) in [6.07, 6.45) is 3.33. The van der Waals surface area contributed by atoms with Crippen LogP contribution in [0.25, 0.3) is 0 Å². The van der Waals surface area contributed by atoms with Crippen LogP contribution in [-0.2, 0) is 4.79 Å². The molecular formula is C13H14FN5OS.